The van der Waals surface area contributed by atoms with Crippen molar-refractivity contribution in [1.82, 2.24) is 5.32 Å². The van der Waals surface area contributed by atoms with Crippen LogP contribution < -0.4 is 14.8 Å². The maximum Gasteiger partial charge on any atom is 0.412 e. The summed E-state index contributed by atoms with van der Waals surface area (Å²) in [7, 11) is 0. The molecule has 0 saturated carbocycles. The minimum Gasteiger partial charge on any atom is -0.490 e. The number of esters is 1. The molecule has 1 fully saturated rings. The van der Waals surface area contributed by atoms with E-state index < -0.39 is 12.1 Å². The first-order valence-electron chi connectivity index (χ1n) is 12.0. The largest absolute Gasteiger partial charge is 0.490 e. The second-order valence-corrected chi connectivity index (χ2v) is 8.22. The number of fused-ring (bicyclic) bond motifs is 2. The molecule has 36 heavy (non-hydrogen) atoms. The summed E-state index contributed by atoms with van der Waals surface area (Å²) in [5.74, 6) is 0.914. The molecule has 0 spiro atoms. The molecule has 1 aliphatic heterocycles. The summed E-state index contributed by atoms with van der Waals surface area (Å²) in [6.07, 6.45) is 6.27. The van der Waals surface area contributed by atoms with Crippen molar-refractivity contribution >= 4 is 22.8 Å². The molecule has 1 N–H and O–H groups in total. The highest BCUT2D eigenvalue weighted by atomic mass is 16.6. The number of nitrogens with one attached hydrogen (secondary N) is 1. The van der Waals surface area contributed by atoms with Crippen molar-refractivity contribution < 1.29 is 38.0 Å². The van der Waals surface area contributed by atoms with E-state index in [9.17, 15) is 9.59 Å². The molecule has 0 bridgehead atoms. The van der Waals surface area contributed by atoms with Gasteiger partial charge in [0.15, 0.2) is 0 Å². The Kier molecular flexibility index (Phi) is 9.32. The standard InChI is InChI=1S/C27H31NO8/c1-2-24(29)33-16-15-32-14-13-31-12-11-28-27(30)36-26-22-9-5-3-7-20(22)25(35-18-19-17-34-19)21-8-4-6-10-23(21)26/h2-7,9,19H,1,8,10-18H2,(H,28,30). The lowest BCUT2D eigenvalue weighted by atomic mass is 9.90. The van der Waals surface area contributed by atoms with Crippen LogP contribution in [0.4, 0.5) is 4.79 Å². The van der Waals surface area contributed by atoms with Crippen molar-refractivity contribution in [2.45, 2.75) is 18.9 Å². The molecule has 0 radical (unpaired) electrons. The molecule has 2 aromatic carbocycles. The fourth-order valence-electron chi connectivity index (χ4n) is 3.87. The summed E-state index contributed by atoms with van der Waals surface area (Å²) < 4.78 is 32.9. The Morgan fingerprint density at radius 2 is 1.61 bits per heavy atom. The van der Waals surface area contributed by atoms with Crippen molar-refractivity contribution in [1.29, 1.82) is 0 Å². The number of hydrogen-bond acceptors (Lipinski definition) is 8. The van der Waals surface area contributed by atoms with Crippen molar-refractivity contribution in [2.75, 3.05) is 52.8 Å². The van der Waals surface area contributed by atoms with Gasteiger partial charge in [-0.05, 0) is 12.8 Å². The number of benzene rings is 2. The topological polar surface area (TPSA) is 105 Å². The van der Waals surface area contributed by atoms with E-state index in [2.05, 4.69) is 24.0 Å². The van der Waals surface area contributed by atoms with Crippen LogP contribution in [-0.2, 0) is 36.6 Å². The molecule has 192 valence electrons. The molecule has 1 heterocycles. The molecule has 0 aromatic heterocycles. The fourth-order valence-corrected chi connectivity index (χ4v) is 3.87. The van der Waals surface area contributed by atoms with E-state index in [0.717, 1.165) is 40.3 Å². The first kappa shape index (κ1) is 25.7. The van der Waals surface area contributed by atoms with E-state index in [0.29, 0.717) is 51.6 Å². The van der Waals surface area contributed by atoms with Crippen LogP contribution in [-0.4, -0.2) is 71.0 Å². The average molecular weight is 498 g/mol. The zero-order valence-electron chi connectivity index (χ0n) is 20.2. The number of epoxide rings is 1. The summed E-state index contributed by atoms with van der Waals surface area (Å²) in [5.41, 5.74) is 2.01. The van der Waals surface area contributed by atoms with Crippen LogP contribution in [0.25, 0.3) is 10.8 Å². The molecular formula is C27H31NO8. The molecule has 2 aromatic rings. The normalized spacial score (nSPS) is 15.7. The van der Waals surface area contributed by atoms with E-state index in [1.807, 2.05) is 24.3 Å². The monoisotopic (exact) mass is 497 g/mol. The number of allylic oxidation sites excluding steroid dienone is 2. The molecule has 4 rings (SSSR count). The van der Waals surface area contributed by atoms with Crippen LogP contribution in [0.1, 0.15) is 11.1 Å². The molecule has 9 heteroatoms. The first-order valence-corrected chi connectivity index (χ1v) is 12.0. The lowest BCUT2D eigenvalue weighted by Gasteiger charge is -2.23. The Bertz CT molecular complexity index is 1110. The van der Waals surface area contributed by atoms with Gasteiger partial charge in [0, 0.05) is 34.5 Å². The number of carbonyl (C=O) groups is 2. The Balaban J connectivity index is 1.27. The second-order valence-electron chi connectivity index (χ2n) is 8.22. The Hall–Kier alpha value is -3.40. The molecule has 2 aliphatic rings. The van der Waals surface area contributed by atoms with Gasteiger partial charge in [-0.1, -0.05) is 43.0 Å². The van der Waals surface area contributed by atoms with Crippen molar-refractivity contribution in [3.8, 4) is 11.5 Å². The molecule has 1 unspecified atom stereocenters. The lowest BCUT2D eigenvalue weighted by Crippen LogP contribution is -2.31. The summed E-state index contributed by atoms with van der Waals surface area (Å²) >= 11 is 0. The van der Waals surface area contributed by atoms with Gasteiger partial charge in [0.1, 0.15) is 30.8 Å². The van der Waals surface area contributed by atoms with Gasteiger partial charge in [0.2, 0.25) is 0 Å². The van der Waals surface area contributed by atoms with Gasteiger partial charge < -0.3 is 33.7 Å². The third-order valence-electron chi connectivity index (χ3n) is 5.68. The summed E-state index contributed by atoms with van der Waals surface area (Å²) in [5, 5.41) is 4.48. The molecule has 1 amide bonds. The first-order chi connectivity index (χ1) is 17.7. The van der Waals surface area contributed by atoms with E-state index in [1.54, 1.807) is 0 Å². The lowest BCUT2D eigenvalue weighted by molar-refractivity contribution is -0.139. The van der Waals surface area contributed by atoms with Gasteiger partial charge in [0.05, 0.1) is 33.0 Å². The molecule has 1 aliphatic carbocycles. The summed E-state index contributed by atoms with van der Waals surface area (Å²) in [6, 6.07) is 7.80. The number of carbonyl (C=O) groups excluding carboxylic acids is 2. The van der Waals surface area contributed by atoms with E-state index in [-0.39, 0.29) is 19.3 Å². The minimum absolute atomic E-state index is 0.149. The summed E-state index contributed by atoms with van der Waals surface area (Å²) in [4.78, 5) is 23.5. The van der Waals surface area contributed by atoms with E-state index in [1.165, 1.54) is 0 Å². The molecule has 1 saturated heterocycles. The zero-order valence-corrected chi connectivity index (χ0v) is 20.2. The van der Waals surface area contributed by atoms with Gasteiger partial charge in [0.25, 0.3) is 0 Å². The molecular weight excluding hydrogens is 466 g/mol. The zero-order chi connectivity index (χ0) is 25.2. The quantitative estimate of drug-likeness (QED) is 0.140. The Labute approximate surface area is 209 Å². The second kappa shape index (κ2) is 13.1. The van der Waals surface area contributed by atoms with Crippen LogP contribution in [0.15, 0.2) is 49.1 Å². The van der Waals surface area contributed by atoms with Crippen LogP contribution in [0.5, 0.6) is 11.5 Å². The van der Waals surface area contributed by atoms with Crippen LogP contribution in [0.2, 0.25) is 0 Å². The van der Waals surface area contributed by atoms with E-state index >= 15 is 0 Å². The SMILES string of the molecule is C=CC(=O)OCCOCCOCCNC(=O)Oc1c2c(c(OCC3CO3)c3ccccc13)CC=CC2. The number of ether oxygens (including phenoxy) is 6. The predicted octanol–water partition coefficient (Wildman–Crippen LogP) is 3.12. The fraction of sp³-hybridized carbons (Fsp3) is 0.407. The van der Waals surface area contributed by atoms with Crippen LogP contribution in [0, 0.1) is 0 Å². The van der Waals surface area contributed by atoms with Gasteiger partial charge in [-0.25, -0.2) is 9.59 Å². The Morgan fingerprint density at radius 3 is 2.31 bits per heavy atom. The third-order valence-corrected chi connectivity index (χ3v) is 5.68. The maximum atomic E-state index is 12.6. The van der Waals surface area contributed by atoms with Gasteiger partial charge in [-0.15, -0.1) is 0 Å². The van der Waals surface area contributed by atoms with Crippen molar-refractivity contribution in [2.24, 2.45) is 0 Å². The van der Waals surface area contributed by atoms with Gasteiger partial charge in [-0.2, -0.15) is 0 Å². The van der Waals surface area contributed by atoms with Gasteiger partial charge in [-0.3, -0.25) is 0 Å². The predicted molar refractivity (Wildman–Crippen MR) is 133 cm³/mol. The highest BCUT2D eigenvalue weighted by molar-refractivity contribution is 5.97. The molecule has 9 nitrogen and oxygen atoms in total. The van der Waals surface area contributed by atoms with Gasteiger partial charge >= 0.3 is 12.1 Å². The summed E-state index contributed by atoms with van der Waals surface area (Å²) in [6.45, 7) is 6.29. The number of amides is 1. The minimum atomic E-state index is -0.541. The number of hydrogen-bond donors (Lipinski definition) is 1. The third kappa shape index (κ3) is 7.07. The van der Waals surface area contributed by atoms with E-state index in [4.69, 9.17) is 28.4 Å². The van der Waals surface area contributed by atoms with Crippen LogP contribution in [0.3, 0.4) is 0 Å². The Morgan fingerprint density at radius 1 is 0.972 bits per heavy atom. The van der Waals surface area contributed by atoms with Crippen LogP contribution >= 0.6 is 0 Å². The molecule has 1 atom stereocenters. The van der Waals surface area contributed by atoms with Crippen molar-refractivity contribution in [3.63, 3.8) is 0 Å². The van der Waals surface area contributed by atoms with Crippen molar-refractivity contribution in [3.05, 3.63) is 60.2 Å². The highest BCUT2D eigenvalue weighted by Crippen LogP contribution is 2.43. The maximum absolute atomic E-state index is 12.6. The number of rotatable bonds is 14. The average Bonchev–Trinajstić information content (AvgIpc) is 3.73. The smallest absolute Gasteiger partial charge is 0.412 e. The highest BCUT2D eigenvalue weighted by Gasteiger charge is 2.27.